The first-order valence-electron chi connectivity index (χ1n) is 13.8. The predicted octanol–water partition coefficient (Wildman–Crippen LogP) is 3.75. The van der Waals surface area contributed by atoms with Crippen LogP contribution in [0.15, 0.2) is 110 Å². The van der Waals surface area contributed by atoms with Gasteiger partial charge in [0, 0.05) is 27.1 Å². The van der Waals surface area contributed by atoms with E-state index in [0.717, 1.165) is 30.3 Å². The van der Waals surface area contributed by atoms with Gasteiger partial charge in [0.05, 0.1) is 23.8 Å². The number of hydrogen-bond acceptors (Lipinski definition) is 14. The van der Waals surface area contributed by atoms with E-state index in [1.54, 1.807) is 18.3 Å². The molecule has 0 atom stereocenters. The summed E-state index contributed by atoms with van der Waals surface area (Å²) in [5.74, 6) is -0.391. The number of azo groups is 1. The Balaban J connectivity index is 1.50. The second kappa shape index (κ2) is 12.6. The van der Waals surface area contributed by atoms with Gasteiger partial charge in [-0.2, -0.15) is 25.3 Å². The first-order valence-corrected chi connectivity index (χ1v) is 18.1. The predicted molar refractivity (Wildman–Crippen MR) is 176 cm³/mol. The fourth-order valence-corrected chi connectivity index (χ4v) is 7.36. The number of pyridine rings is 1. The molecule has 0 aliphatic rings. The quantitative estimate of drug-likeness (QED) is 0.0611. The van der Waals surface area contributed by atoms with Crippen LogP contribution in [0.2, 0.25) is 0 Å². The molecule has 6 N–H and O–H groups in total. The maximum absolute atomic E-state index is 12.5. The highest BCUT2D eigenvalue weighted by atomic mass is 32.2. The van der Waals surface area contributed by atoms with Gasteiger partial charge in [0.15, 0.2) is 6.29 Å². The number of nitrogens with two attached hydrogens (primary N) is 1. The molecule has 0 aliphatic heterocycles. The summed E-state index contributed by atoms with van der Waals surface area (Å²) in [6.45, 7) is 0. The van der Waals surface area contributed by atoms with E-state index in [-0.39, 0.29) is 50.8 Å². The number of benzene rings is 4. The van der Waals surface area contributed by atoms with Crippen LogP contribution in [-0.2, 0) is 30.4 Å². The number of carbonyl (C=O) groups is 1. The number of carbonyl (C=O) groups excluding carboxylic acids is 1. The fourth-order valence-electron chi connectivity index (χ4n) is 5.10. The van der Waals surface area contributed by atoms with Gasteiger partial charge >= 0.3 is 17.8 Å². The van der Waals surface area contributed by atoms with Crippen molar-refractivity contribution in [2.45, 2.75) is 14.7 Å². The zero-order valence-electron chi connectivity index (χ0n) is 24.8. The summed E-state index contributed by atoms with van der Waals surface area (Å²) >= 11 is 0. The van der Waals surface area contributed by atoms with Gasteiger partial charge < -0.3 is 11.1 Å². The molecule has 6 aromatic rings. The maximum atomic E-state index is 12.5. The molecule has 0 fully saturated rings. The molecule has 21 heteroatoms. The van der Waals surface area contributed by atoms with Crippen LogP contribution in [0.3, 0.4) is 0 Å². The molecule has 0 unspecified atom stereocenters. The summed E-state index contributed by atoms with van der Waals surface area (Å²) in [7, 11) is -14.7. The third-order valence-corrected chi connectivity index (χ3v) is 9.84. The van der Waals surface area contributed by atoms with Gasteiger partial charge in [-0.1, -0.05) is 30.3 Å². The van der Waals surface area contributed by atoms with Gasteiger partial charge in [0.2, 0.25) is 0 Å². The SMILES string of the molecule is Nc1nc(Nc2ccc(N=Nc3ccc4c(S(=O)(=O)O)cccc4c3S(=O)(=O)O)c3cccc(S(=O)(=O)O)c23)nc(-[n+]2cccc(C=O)c2)n1. The molecule has 0 spiro atoms. The van der Waals surface area contributed by atoms with E-state index >= 15 is 0 Å². The van der Waals surface area contributed by atoms with Crippen molar-refractivity contribution < 1.29 is 48.3 Å². The van der Waals surface area contributed by atoms with E-state index in [4.69, 9.17) is 5.73 Å². The number of rotatable bonds is 9. The molecule has 6 rings (SSSR count). The van der Waals surface area contributed by atoms with Gasteiger partial charge in [-0.25, -0.2) is 4.57 Å². The average Bonchev–Trinajstić information content (AvgIpc) is 3.05. The standard InChI is InChI=1S/C29H20N8O10S3/c30-27-32-28(34-29(33-27)37-13-3-4-16(14-37)15-38)31-21-12-11-20(19-6-2-8-24(25(19)21)49(42,43)44)35-36-22-10-9-17-18(26(22)50(45,46)47)5-1-7-23(17)48(39,40)41/h1-15H,(H5-,30,31,32,33,34,36,39,40,41,42,43,44,45,46,47)/p+1. The minimum absolute atomic E-state index is 0.00200. The summed E-state index contributed by atoms with van der Waals surface area (Å²) in [6, 6.07) is 15.3. The molecular weight excluding hydrogens is 717 g/mol. The van der Waals surface area contributed by atoms with E-state index < -0.39 is 50.7 Å². The second-order valence-electron chi connectivity index (χ2n) is 10.3. The third kappa shape index (κ3) is 6.71. The smallest absolute Gasteiger partial charge is 0.353 e. The van der Waals surface area contributed by atoms with Crippen LogP contribution >= 0.6 is 0 Å². The lowest BCUT2D eigenvalue weighted by Gasteiger charge is -2.12. The number of hydrogen-bond donors (Lipinski definition) is 5. The Hall–Kier alpha value is -5.84. The van der Waals surface area contributed by atoms with Crippen molar-refractivity contribution in [2.24, 2.45) is 10.2 Å². The van der Waals surface area contributed by atoms with Gasteiger partial charge in [-0.3, -0.25) is 18.5 Å². The van der Waals surface area contributed by atoms with Crippen molar-refractivity contribution in [3.05, 3.63) is 90.8 Å². The van der Waals surface area contributed by atoms with Crippen molar-refractivity contribution in [1.29, 1.82) is 0 Å². The van der Waals surface area contributed by atoms with Gasteiger partial charge in [0.1, 0.15) is 20.4 Å². The van der Waals surface area contributed by atoms with E-state index in [1.165, 1.54) is 41.1 Å². The summed E-state index contributed by atoms with van der Waals surface area (Å²) < 4.78 is 105. The van der Waals surface area contributed by atoms with Crippen LogP contribution in [0.4, 0.5) is 29.0 Å². The van der Waals surface area contributed by atoms with Gasteiger partial charge in [-0.05, 0) is 52.4 Å². The van der Waals surface area contributed by atoms with E-state index in [0.29, 0.717) is 11.8 Å². The minimum Gasteiger partial charge on any atom is -0.353 e. The molecule has 2 heterocycles. The maximum Gasteiger partial charge on any atom is 0.444 e. The molecule has 2 aromatic heterocycles. The van der Waals surface area contributed by atoms with Crippen LogP contribution in [0.25, 0.3) is 27.5 Å². The highest BCUT2D eigenvalue weighted by Gasteiger charge is 2.25. The Kier molecular flexibility index (Phi) is 8.55. The summed E-state index contributed by atoms with van der Waals surface area (Å²) in [5, 5.41) is 10.4. The van der Waals surface area contributed by atoms with Crippen molar-refractivity contribution in [3.8, 4) is 5.95 Å². The molecule has 0 radical (unpaired) electrons. The van der Waals surface area contributed by atoms with Crippen LogP contribution in [0.1, 0.15) is 10.4 Å². The lowest BCUT2D eigenvalue weighted by atomic mass is 10.1. The first-order chi connectivity index (χ1) is 23.5. The van der Waals surface area contributed by atoms with Crippen LogP contribution in [0, 0.1) is 0 Å². The molecule has 0 saturated heterocycles. The lowest BCUT2D eigenvalue weighted by Crippen LogP contribution is -2.33. The van der Waals surface area contributed by atoms with Crippen molar-refractivity contribution in [1.82, 2.24) is 15.0 Å². The molecular formula is C29H21N8O10S3+. The number of aldehydes is 1. The normalized spacial score (nSPS) is 12.5. The zero-order chi connectivity index (χ0) is 36.0. The van der Waals surface area contributed by atoms with Crippen molar-refractivity contribution >= 4 is 87.1 Å². The van der Waals surface area contributed by atoms with Crippen LogP contribution < -0.4 is 15.6 Å². The number of anilines is 3. The number of fused-ring (bicyclic) bond motifs is 2. The number of nitrogen functional groups attached to an aromatic ring is 1. The fraction of sp³-hybridized carbons (Fsp3) is 0. The topological polar surface area (TPSA) is 285 Å². The molecule has 50 heavy (non-hydrogen) atoms. The Morgan fingerprint density at radius 2 is 1.36 bits per heavy atom. The van der Waals surface area contributed by atoms with Crippen molar-refractivity contribution in [3.63, 3.8) is 0 Å². The summed E-state index contributed by atoms with van der Waals surface area (Å²) in [6.07, 6.45) is 3.60. The zero-order valence-corrected chi connectivity index (χ0v) is 27.3. The highest BCUT2D eigenvalue weighted by molar-refractivity contribution is 7.86. The second-order valence-corrected chi connectivity index (χ2v) is 14.4. The van der Waals surface area contributed by atoms with Gasteiger partial charge in [0.25, 0.3) is 30.4 Å². The summed E-state index contributed by atoms with van der Waals surface area (Å²) in [4.78, 5) is 21.7. The Bertz CT molecular complexity index is 2760. The Morgan fingerprint density at radius 1 is 0.700 bits per heavy atom. The lowest BCUT2D eigenvalue weighted by molar-refractivity contribution is -0.603. The largest absolute Gasteiger partial charge is 0.444 e. The number of nitrogens with zero attached hydrogens (tertiary/aromatic N) is 6. The van der Waals surface area contributed by atoms with Gasteiger partial charge in [-0.15, -0.1) is 15.2 Å². The van der Waals surface area contributed by atoms with E-state index in [2.05, 4.69) is 30.5 Å². The number of nitrogens with one attached hydrogen (secondary N) is 1. The Labute approximate surface area is 282 Å². The molecule has 0 bridgehead atoms. The third-order valence-electron chi connectivity index (χ3n) is 7.09. The first kappa shape index (κ1) is 34.0. The van der Waals surface area contributed by atoms with E-state index in [9.17, 15) is 43.7 Å². The van der Waals surface area contributed by atoms with E-state index in [1.807, 2.05) is 0 Å². The molecule has 0 aliphatic carbocycles. The molecule has 18 nitrogen and oxygen atoms in total. The monoisotopic (exact) mass is 737 g/mol. The molecule has 0 saturated carbocycles. The van der Waals surface area contributed by atoms with Crippen LogP contribution in [-0.4, -0.2) is 60.1 Å². The van der Waals surface area contributed by atoms with Crippen LogP contribution in [0.5, 0.6) is 0 Å². The molecule has 254 valence electrons. The molecule has 4 aromatic carbocycles. The molecule has 0 amide bonds. The number of aromatic nitrogens is 4. The van der Waals surface area contributed by atoms with Crippen molar-refractivity contribution in [2.75, 3.05) is 11.1 Å². The minimum atomic E-state index is -5.07. The summed E-state index contributed by atoms with van der Waals surface area (Å²) in [5.41, 5.74) is 5.78. The highest BCUT2D eigenvalue weighted by Crippen LogP contribution is 2.40. The average molecular weight is 738 g/mol. The Morgan fingerprint density at radius 3 is 2.04 bits per heavy atom.